The van der Waals surface area contributed by atoms with Crippen LogP contribution in [-0.4, -0.2) is 15.5 Å². The zero-order valence-corrected chi connectivity index (χ0v) is 8.80. The summed E-state index contributed by atoms with van der Waals surface area (Å²) in [6, 6.07) is 0. The number of halogens is 1. The lowest BCUT2D eigenvalue weighted by Crippen LogP contribution is -2.24. The monoisotopic (exact) mass is 268 g/mol. The second-order valence-corrected chi connectivity index (χ2v) is 4.51. The third-order valence-corrected chi connectivity index (χ3v) is 3.82. The maximum Gasteiger partial charge on any atom is 0.309 e. The lowest BCUT2D eigenvalue weighted by Gasteiger charge is -2.17. The van der Waals surface area contributed by atoms with Gasteiger partial charge in [0.1, 0.15) is 0 Å². The van der Waals surface area contributed by atoms with Gasteiger partial charge in [-0.25, -0.2) is 0 Å². The molecule has 0 spiro atoms. The summed E-state index contributed by atoms with van der Waals surface area (Å²) < 4.78 is 1.10. The molecule has 0 aromatic rings. The van der Waals surface area contributed by atoms with Gasteiger partial charge in [0.05, 0.1) is 5.41 Å². The Kier molecular flexibility index (Phi) is 2.78. The van der Waals surface area contributed by atoms with Gasteiger partial charge in [0.25, 0.3) is 0 Å². The number of aliphatic carboxylic acids is 1. The van der Waals surface area contributed by atoms with Crippen molar-refractivity contribution in [3.63, 3.8) is 0 Å². The molecule has 0 bridgehead atoms. The Hall–Kier alpha value is 0.200. The summed E-state index contributed by atoms with van der Waals surface area (Å²) in [4.78, 5) is 10.8. The van der Waals surface area contributed by atoms with Gasteiger partial charge in [0.2, 0.25) is 0 Å². The topological polar surface area (TPSA) is 37.3 Å². The fraction of sp³-hybridized carbons (Fsp3) is 0.875. The molecule has 1 rings (SSSR count). The van der Waals surface area contributed by atoms with Crippen LogP contribution in [0.2, 0.25) is 0 Å². The maximum absolute atomic E-state index is 10.8. The minimum atomic E-state index is -0.621. The van der Waals surface area contributed by atoms with Gasteiger partial charge < -0.3 is 5.11 Å². The fourth-order valence-corrected chi connectivity index (χ4v) is 2.44. The van der Waals surface area contributed by atoms with Gasteiger partial charge in [-0.1, -0.05) is 22.6 Å². The predicted molar refractivity (Wildman–Crippen MR) is 52.0 cm³/mol. The van der Waals surface area contributed by atoms with E-state index in [1.807, 2.05) is 6.92 Å². The van der Waals surface area contributed by atoms with Gasteiger partial charge >= 0.3 is 5.97 Å². The summed E-state index contributed by atoms with van der Waals surface area (Å²) in [6.07, 6.45) is 2.81. The van der Waals surface area contributed by atoms with E-state index in [9.17, 15) is 4.79 Å². The first-order valence-electron chi connectivity index (χ1n) is 3.88. The van der Waals surface area contributed by atoms with Crippen molar-refractivity contribution < 1.29 is 9.90 Å². The van der Waals surface area contributed by atoms with Crippen molar-refractivity contribution >= 4 is 28.6 Å². The molecule has 0 amide bonds. The largest absolute Gasteiger partial charge is 0.481 e. The van der Waals surface area contributed by atoms with Crippen LogP contribution < -0.4 is 0 Å². The van der Waals surface area contributed by atoms with Gasteiger partial charge in [-0.3, -0.25) is 4.79 Å². The highest BCUT2D eigenvalue weighted by atomic mass is 127. The standard InChI is InChI=1S/C8H13IO2/c1-8(7(10)11)3-2-6(4-8)5-9/h6H,2-5H2,1H3,(H,10,11). The first-order valence-corrected chi connectivity index (χ1v) is 5.40. The van der Waals surface area contributed by atoms with Crippen molar-refractivity contribution in [2.75, 3.05) is 4.43 Å². The van der Waals surface area contributed by atoms with Crippen LogP contribution in [0.15, 0.2) is 0 Å². The minimum absolute atomic E-state index is 0.421. The molecule has 0 aromatic carbocycles. The van der Waals surface area contributed by atoms with Crippen LogP contribution in [-0.2, 0) is 4.79 Å². The van der Waals surface area contributed by atoms with Gasteiger partial charge in [0, 0.05) is 4.43 Å². The van der Waals surface area contributed by atoms with Crippen molar-refractivity contribution in [3.8, 4) is 0 Å². The molecule has 1 aliphatic carbocycles. The Balaban J connectivity index is 2.57. The van der Waals surface area contributed by atoms with Crippen LogP contribution in [0, 0.1) is 11.3 Å². The van der Waals surface area contributed by atoms with Crippen LogP contribution in [0.1, 0.15) is 26.2 Å². The molecular weight excluding hydrogens is 255 g/mol. The Bertz CT molecular complexity index is 169. The van der Waals surface area contributed by atoms with E-state index in [0.29, 0.717) is 5.92 Å². The van der Waals surface area contributed by atoms with Gasteiger partial charge in [-0.2, -0.15) is 0 Å². The fourth-order valence-electron chi connectivity index (χ4n) is 1.69. The molecule has 2 unspecified atom stereocenters. The van der Waals surface area contributed by atoms with Crippen LogP contribution >= 0.6 is 22.6 Å². The molecule has 1 N–H and O–H groups in total. The average molecular weight is 268 g/mol. The summed E-state index contributed by atoms with van der Waals surface area (Å²) in [6.45, 7) is 1.86. The molecule has 0 saturated heterocycles. The van der Waals surface area contributed by atoms with Crippen LogP contribution in [0.4, 0.5) is 0 Å². The highest BCUT2D eigenvalue weighted by Gasteiger charge is 2.40. The van der Waals surface area contributed by atoms with E-state index in [1.165, 1.54) is 0 Å². The van der Waals surface area contributed by atoms with Crippen molar-refractivity contribution in [2.45, 2.75) is 26.2 Å². The van der Waals surface area contributed by atoms with E-state index in [2.05, 4.69) is 22.6 Å². The Labute approximate surface area is 80.5 Å². The molecular formula is C8H13IO2. The van der Waals surface area contributed by atoms with E-state index in [4.69, 9.17) is 5.11 Å². The first-order chi connectivity index (χ1) is 5.08. The number of alkyl halides is 1. The zero-order chi connectivity index (χ0) is 8.48. The van der Waals surface area contributed by atoms with Crippen molar-refractivity contribution in [2.24, 2.45) is 11.3 Å². The molecule has 11 heavy (non-hydrogen) atoms. The molecule has 0 radical (unpaired) electrons. The van der Waals surface area contributed by atoms with E-state index in [0.717, 1.165) is 23.7 Å². The normalized spacial score (nSPS) is 37.5. The summed E-state index contributed by atoms with van der Waals surface area (Å²) in [5.74, 6) is 0.0153. The third kappa shape index (κ3) is 1.86. The summed E-state index contributed by atoms with van der Waals surface area (Å²) in [5, 5.41) is 8.88. The molecule has 0 aliphatic heterocycles. The zero-order valence-electron chi connectivity index (χ0n) is 6.64. The van der Waals surface area contributed by atoms with Crippen LogP contribution in [0.3, 0.4) is 0 Å². The molecule has 64 valence electrons. The molecule has 0 aromatic heterocycles. The number of carbonyl (C=O) groups is 1. The third-order valence-electron chi connectivity index (χ3n) is 2.58. The predicted octanol–water partition coefficient (Wildman–Crippen LogP) is 2.31. The molecule has 2 atom stereocenters. The second-order valence-electron chi connectivity index (χ2n) is 3.63. The molecule has 1 aliphatic rings. The van der Waals surface area contributed by atoms with Crippen LogP contribution in [0.5, 0.6) is 0 Å². The van der Waals surface area contributed by atoms with E-state index < -0.39 is 11.4 Å². The molecule has 2 nitrogen and oxygen atoms in total. The van der Waals surface area contributed by atoms with Crippen molar-refractivity contribution in [1.29, 1.82) is 0 Å². The first kappa shape index (κ1) is 9.29. The molecule has 1 saturated carbocycles. The number of carboxylic acid groups (broad SMARTS) is 1. The van der Waals surface area contributed by atoms with Gasteiger partial charge in [-0.05, 0) is 32.1 Å². The van der Waals surface area contributed by atoms with Crippen molar-refractivity contribution in [3.05, 3.63) is 0 Å². The van der Waals surface area contributed by atoms with Gasteiger partial charge in [-0.15, -0.1) is 0 Å². The lowest BCUT2D eigenvalue weighted by atomic mass is 9.88. The van der Waals surface area contributed by atoms with E-state index >= 15 is 0 Å². The van der Waals surface area contributed by atoms with Gasteiger partial charge in [0.15, 0.2) is 0 Å². The maximum atomic E-state index is 10.8. The molecule has 0 heterocycles. The highest BCUT2D eigenvalue weighted by Crippen LogP contribution is 2.42. The van der Waals surface area contributed by atoms with Crippen molar-refractivity contribution in [1.82, 2.24) is 0 Å². The number of hydrogen-bond acceptors (Lipinski definition) is 1. The summed E-state index contributed by atoms with van der Waals surface area (Å²) >= 11 is 2.34. The highest BCUT2D eigenvalue weighted by molar-refractivity contribution is 14.1. The second kappa shape index (κ2) is 3.29. The number of hydrogen-bond donors (Lipinski definition) is 1. The Morgan fingerprint density at radius 2 is 2.45 bits per heavy atom. The average Bonchev–Trinajstić information content (AvgIpc) is 2.33. The summed E-state index contributed by atoms with van der Waals surface area (Å²) in [7, 11) is 0. The molecule has 1 fully saturated rings. The molecule has 3 heteroatoms. The van der Waals surface area contributed by atoms with Crippen LogP contribution in [0.25, 0.3) is 0 Å². The van der Waals surface area contributed by atoms with E-state index in [-0.39, 0.29) is 0 Å². The summed E-state index contributed by atoms with van der Waals surface area (Å²) in [5.41, 5.74) is -0.421. The number of carboxylic acids is 1. The minimum Gasteiger partial charge on any atom is -0.481 e. The number of rotatable bonds is 2. The van der Waals surface area contributed by atoms with E-state index in [1.54, 1.807) is 0 Å². The smallest absolute Gasteiger partial charge is 0.309 e. The quantitative estimate of drug-likeness (QED) is 0.616. The lowest BCUT2D eigenvalue weighted by molar-refractivity contribution is -0.147. The Morgan fingerprint density at radius 1 is 1.82 bits per heavy atom. The SMILES string of the molecule is CC1(C(=O)O)CCC(CI)C1. The Morgan fingerprint density at radius 3 is 2.73 bits per heavy atom.